The molecule has 0 aliphatic carbocycles. The smallest absolute Gasteiger partial charge is 0.334 e. The largest absolute Gasteiger partial charge is 0.420 e. The van der Waals surface area contributed by atoms with Gasteiger partial charge >= 0.3 is 8.56 Å². The fourth-order valence-corrected chi connectivity index (χ4v) is 10.6. The third-order valence-electron chi connectivity index (χ3n) is 10.4. The van der Waals surface area contributed by atoms with Crippen LogP contribution in [-0.4, -0.2) is 87.5 Å². The quantitative estimate of drug-likeness (QED) is 0.113. The van der Waals surface area contributed by atoms with Crippen molar-refractivity contribution in [3.8, 4) is 0 Å². The van der Waals surface area contributed by atoms with E-state index in [1.807, 2.05) is 46.4 Å². The fraction of sp³-hybridized carbons (Fsp3) is 0.514. The van der Waals surface area contributed by atoms with Crippen LogP contribution < -0.4 is 4.90 Å². The number of nitrogens with zero attached hydrogens (tertiary/aromatic N) is 2. The molecule has 0 aromatic heterocycles. The van der Waals surface area contributed by atoms with Gasteiger partial charge in [0.1, 0.15) is 6.54 Å². The number of allylic oxidation sites excluding steroid dienone is 4. The number of anilines is 1. The van der Waals surface area contributed by atoms with Crippen LogP contribution in [0.4, 0.5) is 11.4 Å². The Balaban J connectivity index is 1.80. The molecule has 2 N–H and O–H groups in total. The van der Waals surface area contributed by atoms with E-state index >= 15 is 0 Å². The Hall–Kier alpha value is -2.48. The summed E-state index contributed by atoms with van der Waals surface area (Å²) in [5.41, 5.74) is 4.08. The van der Waals surface area contributed by atoms with Gasteiger partial charge in [0.05, 0.1) is 15.2 Å². The van der Waals surface area contributed by atoms with Gasteiger partial charge in [-0.3, -0.25) is 9.11 Å². The molecule has 11 nitrogen and oxygen atoms in total. The molecule has 2 aromatic rings. The van der Waals surface area contributed by atoms with Crippen LogP contribution in [0.25, 0.3) is 0 Å². The third-order valence-corrected chi connectivity index (χ3v) is 17.8. The Bertz CT molecular complexity index is 1930. The summed E-state index contributed by atoms with van der Waals surface area (Å²) in [6.07, 6.45) is 7.74. The molecule has 0 saturated carbocycles. The Kier molecular flexibility index (Phi) is 11.7. The molecule has 0 atom stereocenters. The summed E-state index contributed by atoms with van der Waals surface area (Å²) in [5.74, 6) is 0. The van der Waals surface area contributed by atoms with Crippen LogP contribution >= 0.6 is 0 Å². The zero-order valence-electron chi connectivity index (χ0n) is 30.9. The molecule has 0 spiro atoms. The Morgan fingerprint density at radius 2 is 1.38 bits per heavy atom. The first-order valence-corrected chi connectivity index (χ1v) is 25.3. The van der Waals surface area contributed by atoms with E-state index in [1.54, 1.807) is 45.6 Å². The van der Waals surface area contributed by atoms with E-state index in [0.717, 1.165) is 58.8 Å². The van der Waals surface area contributed by atoms with Crippen LogP contribution in [0, 0.1) is 0 Å². The minimum absolute atomic E-state index is 0.143. The summed E-state index contributed by atoms with van der Waals surface area (Å²) in [6, 6.07) is 11.2. The van der Waals surface area contributed by atoms with Crippen molar-refractivity contribution < 1.29 is 43.8 Å². The second kappa shape index (κ2) is 14.5. The SMILES string of the molecule is CO[Si](C)(C)CCC[N+]1=C(C=CC=C2N(CCC[Si](C)(OC)OC)c3ccc(S(=O)(=O)O)cc3C2(C)C)C(C)(C)c2cc(S(=O)(=O)O)ccc21. The molecule has 2 heterocycles. The third kappa shape index (κ3) is 8.26. The lowest BCUT2D eigenvalue weighted by atomic mass is 9.81. The van der Waals surface area contributed by atoms with E-state index in [1.165, 1.54) is 12.1 Å². The van der Waals surface area contributed by atoms with Crippen LogP contribution in [-0.2, 0) is 44.3 Å². The molecule has 0 radical (unpaired) electrons. The minimum Gasteiger partial charge on any atom is -0.420 e. The van der Waals surface area contributed by atoms with Crippen molar-refractivity contribution >= 4 is 54.2 Å². The van der Waals surface area contributed by atoms with Crippen molar-refractivity contribution in [2.75, 3.05) is 39.3 Å². The highest BCUT2D eigenvalue weighted by molar-refractivity contribution is 7.86. The maximum Gasteiger partial charge on any atom is 0.334 e. The average Bonchev–Trinajstić information content (AvgIpc) is 3.38. The molecule has 50 heavy (non-hydrogen) atoms. The second-order valence-electron chi connectivity index (χ2n) is 14.9. The Morgan fingerprint density at radius 1 is 0.800 bits per heavy atom. The molecule has 2 aliphatic heterocycles. The number of hydrogen-bond acceptors (Lipinski definition) is 8. The summed E-state index contributed by atoms with van der Waals surface area (Å²) in [7, 11) is -7.85. The van der Waals surface area contributed by atoms with Crippen LogP contribution in [0.15, 0.2) is 70.1 Å². The molecular formula is C35H53N2O9S2Si2+. The van der Waals surface area contributed by atoms with E-state index in [-0.39, 0.29) is 9.79 Å². The summed E-state index contributed by atoms with van der Waals surface area (Å²) >= 11 is 0. The zero-order chi connectivity index (χ0) is 37.5. The molecule has 0 bridgehead atoms. The molecule has 2 aliphatic rings. The summed E-state index contributed by atoms with van der Waals surface area (Å²) in [4.78, 5) is 1.90. The van der Waals surface area contributed by atoms with Crippen molar-refractivity contribution in [2.45, 2.75) is 92.9 Å². The maximum absolute atomic E-state index is 12.1. The predicted octanol–water partition coefficient (Wildman–Crippen LogP) is 6.79. The van der Waals surface area contributed by atoms with Crippen LogP contribution in [0.5, 0.6) is 0 Å². The lowest BCUT2D eigenvalue weighted by Gasteiger charge is -2.28. The van der Waals surface area contributed by atoms with E-state index in [2.05, 4.69) is 28.6 Å². The van der Waals surface area contributed by atoms with Gasteiger partial charge < -0.3 is 18.2 Å². The van der Waals surface area contributed by atoms with Gasteiger partial charge in [-0.1, -0.05) is 19.9 Å². The first-order valence-electron chi connectivity index (χ1n) is 16.7. The molecule has 2 aromatic carbocycles. The summed E-state index contributed by atoms with van der Waals surface area (Å²) in [5, 5.41) is 0. The molecule has 0 fully saturated rings. The van der Waals surface area contributed by atoms with Crippen molar-refractivity contribution in [2.24, 2.45) is 0 Å². The van der Waals surface area contributed by atoms with Gasteiger partial charge in [0.2, 0.25) is 5.69 Å². The highest BCUT2D eigenvalue weighted by atomic mass is 32.2. The number of fused-ring (bicyclic) bond motifs is 2. The fourth-order valence-electron chi connectivity index (χ4n) is 6.95. The van der Waals surface area contributed by atoms with Gasteiger partial charge in [-0.25, -0.2) is 0 Å². The molecular weight excluding hydrogens is 713 g/mol. The molecule has 15 heteroatoms. The molecule has 0 unspecified atom stereocenters. The summed E-state index contributed by atoms with van der Waals surface area (Å²) < 4.78 is 87.6. The van der Waals surface area contributed by atoms with Gasteiger partial charge in [-0.15, -0.1) is 0 Å². The number of hydrogen-bond donors (Lipinski definition) is 2. The monoisotopic (exact) mass is 765 g/mol. The van der Waals surface area contributed by atoms with Crippen LogP contribution in [0.2, 0.25) is 31.7 Å². The van der Waals surface area contributed by atoms with Gasteiger partial charge in [0, 0.05) is 68.8 Å². The van der Waals surface area contributed by atoms with Crippen molar-refractivity contribution in [1.29, 1.82) is 0 Å². The van der Waals surface area contributed by atoms with E-state index in [9.17, 15) is 25.9 Å². The standard InChI is InChI=1S/C35H52N2O9S2Si2/c1-34(2)28-24-26(47(38,39)40)16-18-30(28)36(20-12-22-49(8,9)44-5)32(34)14-11-15-33-35(3,4)29-25-27(48(41,42)43)17-19-31(29)37(33)21-13-23-50(10,45-6)46-7/h11,14-19,24-25H,12-13,20-23H2,1-10H3,(H-,38,39,40,41,42,43)/p+1. The number of rotatable bonds is 15. The molecule has 0 saturated heterocycles. The minimum atomic E-state index is -4.40. The first-order chi connectivity index (χ1) is 23.0. The summed E-state index contributed by atoms with van der Waals surface area (Å²) in [6.45, 7) is 15.9. The zero-order valence-corrected chi connectivity index (χ0v) is 34.5. The first kappa shape index (κ1) is 40.3. The Labute approximate surface area is 300 Å². The van der Waals surface area contributed by atoms with Gasteiger partial charge in [0.15, 0.2) is 14.0 Å². The highest BCUT2D eigenvalue weighted by Gasteiger charge is 2.45. The molecule has 276 valence electrons. The Morgan fingerprint density at radius 3 is 1.94 bits per heavy atom. The topological polar surface area (TPSA) is 143 Å². The van der Waals surface area contributed by atoms with Crippen LogP contribution in [0.1, 0.15) is 51.7 Å². The predicted molar refractivity (Wildman–Crippen MR) is 202 cm³/mol. The highest BCUT2D eigenvalue weighted by Crippen LogP contribution is 2.49. The molecule has 0 amide bonds. The van der Waals surface area contributed by atoms with E-state index in [4.69, 9.17) is 13.3 Å². The number of benzene rings is 2. The second-order valence-corrected chi connectivity index (χ2v) is 25.7. The van der Waals surface area contributed by atoms with E-state index in [0.29, 0.717) is 13.1 Å². The van der Waals surface area contributed by atoms with Gasteiger partial charge in [0.25, 0.3) is 20.2 Å². The van der Waals surface area contributed by atoms with Crippen molar-refractivity contribution in [3.63, 3.8) is 0 Å². The van der Waals surface area contributed by atoms with Gasteiger partial charge in [-0.2, -0.15) is 21.4 Å². The van der Waals surface area contributed by atoms with Crippen molar-refractivity contribution in [1.82, 2.24) is 0 Å². The van der Waals surface area contributed by atoms with Crippen LogP contribution in [0.3, 0.4) is 0 Å². The lowest BCUT2D eigenvalue weighted by Crippen LogP contribution is -2.37. The van der Waals surface area contributed by atoms with Gasteiger partial charge in [-0.05, 0) is 94.0 Å². The normalized spacial score (nSPS) is 18.4. The average molecular weight is 766 g/mol. The van der Waals surface area contributed by atoms with Crippen molar-refractivity contribution in [3.05, 3.63) is 71.5 Å². The molecule has 4 rings (SSSR count). The van der Waals surface area contributed by atoms with E-state index < -0.39 is 47.9 Å². The maximum atomic E-state index is 12.1. The lowest BCUT2D eigenvalue weighted by molar-refractivity contribution is -0.437.